The number of amides is 2. The molecule has 0 fully saturated rings. The van der Waals surface area contributed by atoms with Gasteiger partial charge in [0, 0.05) is 10.0 Å². The first-order valence-corrected chi connectivity index (χ1v) is 10.3. The van der Waals surface area contributed by atoms with E-state index in [2.05, 4.69) is 5.32 Å². The van der Waals surface area contributed by atoms with Gasteiger partial charge in [0.1, 0.15) is 17.2 Å². The number of nitrogens with zero attached hydrogens (tertiary/aromatic N) is 1. The smallest absolute Gasteiger partial charge is 0.282 e. The van der Waals surface area contributed by atoms with Gasteiger partial charge in [-0.3, -0.25) is 9.59 Å². The molecule has 4 rings (SSSR count). The molecule has 1 heterocycles. The molecule has 32 heavy (non-hydrogen) atoms. The van der Waals surface area contributed by atoms with Crippen LogP contribution in [-0.4, -0.2) is 26.0 Å². The van der Waals surface area contributed by atoms with Gasteiger partial charge in [-0.2, -0.15) is 0 Å². The molecular weight excluding hydrogens is 451 g/mol. The number of carbonyl (C=O) groups is 2. The van der Waals surface area contributed by atoms with Crippen molar-refractivity contribution in [2.45, 2.75) is 0 Å². The van der Waals surface area contributed by atoms with Gasteiger partial charge >= 0.3 is 0 Å². The summed E-state index contributed by atoms with van der Waals surface area (Å²) in [5.41, 5.74) is 1.68. The summed E-state index contributed by atoms with van der Waals surface area (Å²) in [5.74, 6) is 0.0947. The van der Waals surface area contributed by atoms with Crippen molar-refractivity contribution in [3.8, 4) is 11.5 Å². The zero-order valence-electron chi connectivity index (χ0n) is 17.2. The Kier molecular flexibility index (Phi) is 6.08. The van der Waals surface area contributed by atoms with E-state index >= 15 is 0 Å². The van der Waals surface area contributed by atoms with Gasteiger partial charge in [-0.1, -0.05) is 41.4 Å². The molecule has 0 aromatic heterocycles. The highest BCUT2D eigenvalue weighted by Gasteiger charge is 2.40. The molecule has 0 spiro atoms. The second-order valence-electron chi connectivity index (χ2n) is 6.87. The van der Waals surface area contributed by atoms with Crippen LogP contribution in [0.1, 0.15) is 5.56 Å². The van der Waals surface area contributed by atoms with Crippen LogP contribution in [0, 0.1) is 0 Å². The molecule has 0 saturated heterocycles. The number of anilines is 2. The van der Waals surface area contributed by atoms with Crippen LogP contribution in [0.2, 0.25) is 10.0 Å². The number of hydrogen-bond donors (Lipinski definition) is 1. The lowest BCUT2D eigenvalue weighted by Gasteiger charge is -2.16. The average molecular weight is 469 g/mol. The molecular formula is C24H18Cl2N2O4. The van der Waals surface area contributed by atoms with Crippen LogP contribution in [-0.2, 0) is 9.59 Å². The van der Waals surface area contributed by atoms with E-state index in [1.807, 2.05) is 0 Å². The van der Waals surface area contributed by atoms with Crippen LogP contribution < -0.4 is 19.7 Å². The second kappa shape index (κ2) is 8.94. The van der Waals surface area contributed by atoms with Crippen LogP contribution in [0.25, 0.3) is 5.57 Å². The van der Waals surface area contributed by atoms with E-state index in [0.717, 1.165) is 4.90 Å². The van der Waals surface area contributed by atoms with Crippen molar-refractivity contribution in [1.29, 1.82) is 0 Å². The van der Waals surface area contributed by atoms with Crippen LogP contribution in [0.5, 0.6) is 11.5 Å². The summed E-state index contributed by atoms with van der Waals surface area (Å²) in [6.45, 7) is 0. The molecule has 162 valence electrons. The third kappa shape index (κ3) is 4.02. The summed E-state index contributed by atoms with van der Waals surface area (Å²) in [6.07, 6.45) is 0. The minimum Gasteiger partial charge on any atom is -0.497 e. The van der Waals surface area contributed by atoms with Gasteiger partial charge < -0.3 is 14.8 Å². The van der Waals surface area contributed by atoms with Gasteiger partial charge in [0.2, 0.25) is 0 Å². The van der Waals surface area contributed by atoms with Crippen LogP contribution >= 0.6 is 23.2 Å². The van der Waals surface area contributed by atoms with Crippen molar-refractivity contribution >= 4 is 52.0 Å². The number of carbonyl (C=O) groups excluding carboxylic acids is 2. The predicted octanol–water partition coefficient (Wildman–Crippen LogP) is 5.41. The largest absolute Gasteiger partial charge is 0.497 e. The van der Waals surface area contributed by atoms with Crippen molar-refractivity contribution in [3.05, 3.63) is 88.0 Å². The summed E-state index contributed by atoms with van der Waals surface area (Å²) in [4.78, 5) is 28.0. The Morgan fingerprint density at radius 1 is 0.812 bits per heavy atom. The molecule has 2 amide bonds. The lowest BCUT2D eigenvalue weighted by atomic mass is 10.0. The van der Waals surface area contributed by atoms with Gasteiger partial charge in [-0.05, 0) is 54.1 Å². The van der Waals surface area contributed by atoms with Crippen molar-refractivity contribution in [1.82, 2.24) is 0 Å². The summed E-state index contributed by atoms with van der Waals surface area (Å²) in [7, 11) is 3.06. The van der Waals surface area contributed by atoms with Crippen molar-refractivity contribution in [2.24, 2.45) is 0 Å². The molecule has 1 aliphatic heterocycles. The lowest BCUT2D eigenvalue weighted by molar-refractivity contribution is -0.120. The SMILES string of the molecule is COc1ccc(C2=C(Nc3cc(Cl)ccc3OC)C(=O)N(c3cccc(Cl)c3)C2=O)cc1. The number of hydrogen-bond acceptors (Lipinski definition) is 5. The zero-order valence-corrected chi connectivity index (χ0v) is 18.7. The molecule has 0 aliphatic carbocycles. The fourth-order valence-electron chi connectivity index (χ4n) is 3.43. The standard InChI is InChI=1S/C24H18Cl2N2O4/c1-31-18-9-6-14(7-10-18)21-22(27-19-13-16(26)8-11-20(19)32-2)24(30)28(23(21)29)17-5-3-4-15(25)12-17/h3-13,27H,1-2H3. The third-order valence-corrected chi connectivity index (χ3v) is 5.42. The number of benzene rings is 3. The zero-order chi connectivity index (χ0) is 22.8. The van der Waals surface area contributed by atoms with E-state index in [9.17, 15) is 9.59 Å². The molecule has 0 unspecified atom stereocenters. The molecule has 3 aromatic rings. The Morgan fingerprint density at radius 3 is 2.19 bits per heavy atom. The van der Waals surface area contributed by atoms with Gasteiger partial charge in [0.15, 0.2) is 0 Å². The quantitative estimate of drug-likeness (QED) is 0.490. The number of halogens is 2. The molecule has 8 heteroatoms. The molecule has 1 aliphatic rings. The minimum absolute atomic E-state index is 0.0979. The van der Waals surface area contributed by atoms with Crippen molar-refractivity contribution < 1.29 is 19.1 Å². The first-order valence-electron chi connectivity index (χ1n) is 9.56. The fourth-order valence-corrected chi connectivity index (χ4v) is 3.79. The Labute approximate surface area is 195 Å². The predicted molar refractivity (Wildman–Crippen MR) is 125 cm³/mol. The Balaban J connectivity index is 1.85. The normalized spacial score (nSPS) is 13.6. The van der Waals surface area contributed by atoms with Gasteiger partial charge in [0.25, 0.3) is 11.8 Å². The van der Waals surface area contributed by atoms with E-state index in [4.69, 9.17) is 32.7 Å². The summed E-state index contributed by atoms with van der Waals surface area (Å²) < 4.78 is 10.6. The Hall–Kier alpha value is -3.48. The maximum atomic E-state index is 13.5. The summed E-state index contributed by atoms with van der Waals surface area (Å²) >= 11 is 12.3. The molecule has 0 radical (unpaired) electrons. The van der Waals surface area contributed by atoms with E-state index in [0.29, 0.717) is 38.5 Å². The van der Waals surface area contributed by atoms with Gasteiger partial charge in [0.05, 0.1) is 31.2 Å². The van der Waals surface area contributed by atoms with Crippen LogP contribution in [0.15, 0.2) is 72.4 Å². The maximum absolute atomic E-state index is 13.5. The third-order valence-electron chi connectivity index (χ3n) is 4.95. The van der Waals surface area contributed by atoms with Crippen molar-refractivity contribution in [2.75, 3.05) is 24.4 Å². The average Bonchev–Trinajstić information content (AvgIpc) is 3.03. The molecule has 0 atom stereocenters. The highest BCUT2D eigenvalue weighted by atomic mass is 35.5. The molecule has 3 aromatic carbocycles. The highest BCUT2D eigenvalue weighted by molar-refractivity contribution is 6.46. The Morgan fingerprint density at radius 2 is 1.53 bits per heavy atom. The topological polar surface area (TPSA) is 67.9 Å². The van der Waals surface area contributed by atoms with Crippen molar-refractivity contribution in [3.63, 3.8) is 0 Å². The summed E-state index contributed by atoms with van der Waals surface area (Å²) in [6, 6.07) is 18.4. The maximum Gasteiger partial charge on any atom is 0.282 e. The number of rotatable bonds is 6. The summed E-state index contributed by atoms with van der Waals surface area (Å²) in [5, 5.41) is 3.92. The first kappa shape index (κ1) is 21.7. The monoisotopic (exact) mass is 468 g/mol. The van der Waals surface area contributed by atoms with E-state index in [1.54, 1.807) is 73.8 Å². The Bertz CT molecular complexity index is 1240. The van der Waals surface area contributed by atoms with Gasteiger partial charge in [-0.25, -0.2) is 4.90 Å². The number of imide groups is 1. The second-order valence-corrected chi connectivity index (χ2v) is 7.75. The van der Waals surface area contributed by atoms with Gasteiger partial charge in [-0.15, -0.1) is 0 Å². The lowest BCUT2D eigenvalue weighted by Crippen LogP contribution is -2.32. The number of nitrogens with one attached hydrogen (secondary N) is 1. The van der Waals surface area contributed by atoms with Crippen LogP contribution in [0.4, 0.5) is 11.4 Å². The molecule has 6 nitrogen and oxygen atoms in total. The first-order chi connectivity index (χ1) is 15.4. The molecule has 0 saturated carbocycles. The minimum atomic E-state index is -0.523. The van der Waals surface area contributed by atoms with E-state index in [-0.39, 0.29) is 11.3 Å². The number of methoxy groups -OCH3 is 2. The number of ether oxygens (including phenoxy) is 2. The highest BCUT2D eigenvalue weighted by Crippen LogP contribution is 2.37. The fraction of sp³-hybridized carbons (Fsp3) is 0.0833. The van der Waals surface area contributed by atoms with E-state index < -0.39 is 11.8 Å². The van der Waals surface area contributed by atoms with E-state index in [1.165, 1.54) is 7.11 Å². The molecule has 1 N–H and O–H groups in total. The van der Waals surface area contributed by atoms with Crippen LogP contribution in [0.3, 0.4) is 0 Å². The molecule has 0 bridgehead atoms.